The Labute approximate surface area is 147 Å². The van der Waals surface area contributed by atoms with Crippen LogP contribution in [-0.2, 0) is 14.3 Å². The molecule has 1 aliphatic heterocycles. The number of methoxy groups -OCH3 is 2. The molecule has 0 saturated heterocycles. The van der Waals surface area contributed by atoms with Gasteiger partial charge in [-0.2, -0.15) is 0 Å². The van der Waals surface area contributed by atoms with Crippen molar-refractivity contribution in [3.8, 4) is 5.75 Å². The predicted molar refractivity (Wildman–Crippen MR) is 94.8 cm³/mol. The van der Waals surface area contributed by atoms with Crippen LogP contribution in [0.2, 0.25) is 0 Å². The van der Waals surface area contributed by atoms with E-state index in [0.29, 0.717) is 16.8 Å². The molecule has 3 rings (SSSR count). The minimum atomic E-state index is -0.467. The fourth-order valence-corrected chi connectivity index (χ4v) is 3.67. The van der Waals surface area contributed by atoms with Gasteiger partial charge in [-0.15, -0.1) is 0 Å². The lowest BCUT2D eigenvalue weighted by atomic mass is 10.0. The van der Waals surface area contributed by atoms with Crippen molar-refractivity contribution in [1.82, 2.24) is 4.90 Å². The smallest absolute Gasteiger partial charge is 0.340 e. The SMILES string of the molecule is COC(=O)C1=C(C)N(C2CCCC2)C(=O)C1=Cc1ccc(OC)cc1. The standard InChI is InChI=1S/C20H23NO4/c1-13-18(20(23)25-3)17(12-14-8-10-16(24-2)11-9-14)19(22)21(13)15-6-4-5-7-15/h8-12,15H,4-7H2,1-3H3. The maximum atomic E-state index is 13.0. The Bertz CT molecular complexity index is 739. The lowest BCUT2D eigenvalue weighted by Gasteiger charge is -2.25. The van der Waals surface area contributed by atoms with Gasteiger partial charge in [0.05, 0.1) is 25.4 Å². The molecule has 5 heteroatoms. The fourth-order valence-electron chi connectivity index (χ4n) is 3.67. The number of benzene rings is 1. The topological polar surface area (TPSA) is 55.8 Å². The molecule has 1 fully saturated rings. The van der Waals surface area contributed by atoms with Gasteiger partial charge in [-0.3, -0.25) is 4.79 Å². The Balaban J connectivity index is 2.01. The van der Waals surface area contributed by atoms with E-state index >= 15 is 0 Å². The van der Waals surface area contributed by atoms with Gasteiger partial charge < -0.3 is 14.4 Å². The number of rotatable bonds is 4. The first-order valence-corrected chi connectivity index (χ1v) is 8.55. The lowest BCUT2D eigenvalue weighted by Crippen LogP contribution is -2.34. The average molecular weight is 341 g/mol. The molecule has 25 heavy (non-hydrogen) atoms. The van der Waals surface area contributed by atoms with Crippen LogP contribution in [0.15, 0.2) is 41.1 Å². The lowest BCUT2D eigenvalue weighted by molar-refractivity contribution is -0.136. The van der Waals surface area contributed by atoms with Crippen molar-refractivity contribution < 1.29 is 19.1 Å². The van der Waals surface area contributed by atoms with E-state index in [1.54, 1.807) is 18.1 Å². The van der Waals surface area contributed by atoms with Crippen molar-refractivity contribution in [2.75, 3.05) is 14.2 Å². The summed E-state index contributed by atoms with van der Waals surface area (Å²) in [5, 5.41) is 0. The van der Waals surface area contributed by atoms with Crippen LogP contribution in [0, 0.1) is 0 Å². The van der Waals surface area contributed by atoms with Gasteiger partial charge in [0, 0.05) is 11.7 Å². The molecule has 1 amide bonds. The quantitative estimate of drug-likeness (QED) is 0.623. The number of esters is 1. The van der Waals surface area contributed by atoms with Gasteiger partial charge in [-0.1, -0.05) is 25.0 Å². The number of nitrogens with zero attached hydrogens (tertiary/aromatic N) is 1. The fraction of sp³-hybridized carbons (Fsp3) is 0.400. The summed E-state index contributed by atoms with van der Waals surface area (Å²) in [5.41, 5.74) is 2.31. The number of amides is 1. The molecule has 0 unspecified atom stereocenters. The van der Waals surface area contributed by atoms with Crippen molar-refractivity contribution in [2.24, 2.45) is 0 Å². The molecular weight excluding hydrogens is 318 g/mol. The summed E-state index contributed by atoms with van der Waals surface area (Å²) < 4.78 is 10.1. The normalized spacial score (nSPS) is 19.9. The maximum absolute atomic E-state index is 13.0. The van der Waals surface area contributed by atoms with E-state index in [0.717, 1.165) is 37.0 Å². The van der Waals surface area contributed by atoms with E-state index in [1.807, 2.05) is 31.2 Å². The predicted octanol–water partition coefficient (Wildman–Crippen LogP) is 3.31. The van der Waals surface area contributed by atoms with Crippen molar-refractivity contribution in [1.29, 1.82) is 0 Å². The molecule has 0 radical (unpaired) electrons. The maximum Gasteiger partial charge on any atom is 0.340 e. The molecule has 132 valence electrons. The van der Waals surface area contributed by atoms with Gasteiger partial charge in [0.2, 0.25) is 0 Å². The van der Waals surface area contributed by atoms with Crippen LogP contribution in [0.5, 0.6) is 5.75 Å². The Morgan fingerprint density at radius 3 is 2.36 bits per heavy atom. The summed E-state index contributed by atoms with van der Waals surface area (Å²) in [6.45, 7) is 1.83. The highest BCUT2D eigenvalue weighted by Crippen LogP contribution is 2.37. The second-order valence-corrected chi connectivity index (χ2v) is 6.40. The molecule has 0 bridgehead atoms. The molecule has 1 aliphatic carbocycles. The van der Waals surface area contributed by atoms with Crippen molar-refractivity contribution >= 4 is 18.0 Å². The molecule has 0 atom stereocenters. The molecule has 5 nitrogen and oxygen atoms in total. The zero-order valence-electron chi connectivity index (χ0n) is 14.9. The van der Waals surface area contributed by atoms with Crippen LogP contribution in [0.1, 0.15) is 38.2 Å². The Kier molecular flexibility index (Phi) is 4.93. The van der Waals surface area contributed by atoms with E-state index in [4.69, 9.17) is 9.47 Å². The minimum absolute atomic E-state index is 0.111. The molecule has 0 aromatic heterocycles. The van der Waals surface area contributed by atoms with Gasteiger partial charge in [-0.05, 0) is 43.5 Å². The van der Waals surface area contributed by atoms with Gasteiger partial charge >= 0.3 is 5.97 Å². The third-order valence-electron chi connectivity index (χ3n) is 4.95. The molecule has 1 heterocycles. The number of carbonyl (C=O) groups is 2. The summed E-state index contributed by atoms with van der Waals surface area (Å²) in [4.78, 5) is 27.1. The second-order valence-electron chi connectivity index (χ2n) is 6.40. The molecule has 0 N–H and O–H groups in total. The van der Waals surface area contributed by atoms with Crippen LogP contribution in [0.25, 0.3) is 6.08 Å². The zero-order chi connectivity index (χ0) is 18.0. The Morgan fingerprint density at radius 1 is 1.16 bits per heavy atom. The van der Waals surface area contributed by atoms with E-state index < -0.39 is 5.97 Å². The molecule has 1 saturated carbocycles. The van der Waals surface area contributed by atoms with Gasteiger partial charge in [-0.25, -0.2) is 4.79 Å². The van der Waals surface area contributed by atoms with Gasteiger partial charge in [0.15, 0.2) is 0 Å². The highest BCUT2D eigenvalue weighted by Gasteiger charge is 2.40. The van der Waals surface area contributed by atoms with Gasteiger partial charge in [0.1, 0.15) is 5.75 Å². The number of carbonyl (C=O) groups excluding carboxylic acids is 2. The summed E-state index contributed by atoms with van der Waals surface area (Å²) in [7, 11) is 2.95. The molecule has 1 aromatic rings. The first-order chi connectivity index (χ1) is 12.1. The highest BCUT2D eigenvalue weighted by atomic mass is 16.5. The molecule has 1 aromatic carbocycles. The van der Waals surface area contributed by atoms with Crippen LogP contribution in [0.3, 0.4) is 0 Å². The van der Waals surface area contributed by atoms with Crippen LogP contribution < -0.4 is 4.74 Å². The average Bonchev–Trinajstić information content (AvgIpc) is 3.22. The molecular formula is C20H23NO4. The monoisotopic (exact) mass is 341 g/mol. The summed E-state index contributed by atoms with van der Waals surface area (Å²) in [6.07, 6.45) is 5.95. The van der Waals surface area contributed by atoms with Crippen LogP contribution >= 0.6 is 0 Å². The molecule has 0 spiro atoms. The highest BCUT2D eigenvalue weighted by molar-refractivity contribution is 6.16. The summed E-state index contributed by atoms with van der Waals surface area (Å²) in [5.74, 6) is 0.166. The van der Waals surface area contributed by atoms with Crippen LogP contribution in [-0.4, -0.2) is 37.0 Å². The third-order valence-corrected chi connectivity index (χ3v) is 4.95. The summed E-state index contributed by atoms with van der Waals surface area (Å²) >= 11 is 0. The number of allylic oxidation sites excluding steroid dienone is 1. The largest absolute Gasteiger partial charge is 0.497 e. The van der Waals surface area contributed by atoms with E-state index in [9.17, 15) is 9.59 Å². The summed E-state index contributed by atoms with van der Waals surface area (Å²) in [6, 6.07) is 7.56. The second kappa shape index (κ2) is 7.13. The Hall–Kier alpha value is -2.56. The van der Waals surface area contributed by atoms with Crippen molar-refractivity contribution in [3.05, 3.63) is 46.7 Å². The number of ether oxygens (including phenoxy) is 2. The van der Waals surface area contributed by atoms with E-state index in [1.165, 1.54) is 7.11 Å². The van der Waals surface area contributed by atoms with E-state index in [-0.39, 0.29) is 11.9 Å². The minimum Gasteiger partial charge on any atom is -0.497 e. The Morgan fingerprint density at radius 2 is 1.80 bits per heavy atom. The zero-order valence-corrected chi connectivity index (χ0v) is 14.9. The number of hydrogen-bond acceptors (Lipinski definition) is 4. The van der Waals surface area contributed by atoms with Crippen LogP contribution in [0.4, 0.5) is 0 Å². The third kappa shape index (κ3) is 3.18. The van der Waals surface area contributed by atoms with E-state index in [2.05, 4.69) is 0 Å². The number of hydrogen-bond donors (Lipinski definition) is 0. The van der Waals surface area contributed by atoms with Crippen molar-refractivity contribution in [3.63, 3.8) is 0 Å². The van der Waals surface area contributed by atoms with Crippen molar-refractivity contribution in [2.45, 2.75) is 38.6 Å². The first kappa shape index (κ1) is 17.3. The first-order valence-electron chi connectivity index (χ1n) is 8.55. The molecule has 2 aliphatic rings. The van der Waals surface area contributed by atoms with Gasteiger partial charge in [0.25, 0.3) is 5.91 Å².